The Morgan fingerprint density at radius 3 is 1.79 bits per heavy atom. The average Bonchev–Trinajstić information content (AvgIpc) is 3.42. The van der Waals surface area contributed by atoms with Crippen LogP contribution in [0.5, 0.6) is 11.5 Å². The van der Waals surface area contributed by atoms with Gasteiger partial charge in [0, 0.05) is 11.1 Å². The normalized spacial score (nSPS) is 15.4. The molecule has 0 spiro atoms. The summed E-state index contributed by atoms with van der Waals surface area (Å²) in [4.78, 5) is 11.2. The van der Waals surface area contributed by atoms with E-state index in [1.807, 2.05) is 0 Å². The number of carboxylic acid groups (broad SMARTS) is 1. The van der Waals surface area contributed by atoms with Gasteiger partial charge in [-0.15, -0.1) is 0 Å². The highest BCUT2D eigenvalue weighted by Gasteiger charge is 2.49. The lowest BCUT2D eigenvalue weighted by Crippen LogP contribution is -2.14. The summed E-state index contributed by atoms with van der Waals surface area (Å²) < 4.78 is 0. The minimum atomic E-state index is -0.645. The van der Waals surface area contributed by atoms with Gasteiger partial charge in [-0.25, -0.2) is 0 Å². The lowest BCUT2D eigenvalue weighted by Gasteiger charge is -2.17. The molecule has 4 heteroatoms. The molecule has 4 nitrogen and oxygen atoms in total. The number of hydrogen-bond acceptors (Lipinski definition) is 3. The zero-order valence-electron chi connectivity index (χ0n) is 18.6. The van der Waals surface area contributed by atoms with Crippen molar-refractivity contribution < 1.29 is 20.1 Å². The van der Waals surface area contributed by atoms with Crippen molar-refractivity contribution in [2.24, 2.45) is 10.8 Å². The van der Waals surface area contributed by atoms with E-state index >= 15 is 0 Å². The predicted octanol–water partition coefficient (Wildman–Crippen LogP) is 6.60. The number of aromatic hydroxyl groups is 2. The van der Waals surface area contributed by atoms with E-state index in [0.29, 0.717) is 5.41 Å². The van der Waals surface area contributed by atoms with Gasteiger partial charge in [0.2, 0.25) is 0 Å². The van der Waals surface area contributed by atoms with Crippen LogP contribution in [-0.2, 0) is 17.6 Å². The summed E-state index contributed by atoms with van der Waals surface area (Å²) in [6.45, 7) is 6.82. The van der Waals surface area contributed by atoms with E-state index in [1.165, 1.54) is 19.3 Å². The zero-order chi connectivity index (χ0) is 21.5. The number of carboxylic acids is 1. The second kappa shape index (κ2) is 10.4. The van der Waals surface area contributed by atoms with Crippen molar-refractivity contribution in [3.05, 3.63) is 23.3 Å². The van der Waals surface area contributed by atoms with E-state index in [-0.39, 0.29) is 11.5 Å². The van der Waals surface area contributed by atoms with Crippen molar-refractivity contribution in [1.82, 2.24) is 0 Å². The Morgan fingerprint density at radius 1 is 0.862 bits per heavy atom. The third kappa shape index (κ3) is 7.56. The quantitative estimate of drug-likeness (QED) is 0.255. The van der Waals surface area contributed by atoms with Crippen LogP contribution in [0, 0.1) is 10.8 Å². The molecule has 0 amide bonds. The molecule has 0 unspecified atom stereocenters. The van der Waals surface area contributed by atoms with Gasteiger partial charge in [0.1, 0.15) is 11.5 Å². The fraction of sp³-hybridized carbons (Fsp3) is 0.720. The Bertz CT molecular complexity index is 668. The minimum Gasteiger partial charge on any atom is -0.508 e. The Kier molecular flexibility index (Phi) is 8.42. The lowest BCUT2D eigenvalue weighted by atomic mass is 9.89. The molecule has 0 radical (unpaired) electrons. The first-order valence-electron chi connectivity index (χ1n) is 11.4. The van der Waals surface area contributed by atoms with Gasteiger partial charge in [0.05, 0.1) is 5.41 Å². The van der Waals surface area contributed by atoms with Crippen molar-refractivity contribution in [3.8, 4) is 11.5 Å². The highest BCUT2D eigenvalue weighted by Crippen LogP contribution is 2.50. The smallest absolute Gasteiger partial charge is 0.309 e. The summed E-state index contributed by atoms with van der Waals surface area (Å²) in [6.07, 6.45) is 12.5. The van der Waals surface area contributed by atoms with Crippen molar-refractivity contribution in [1.29, 1.82) is 0 Å². The molecule has 0 aliphatic heterocycles. The molecule has 1 aromatic rings. The molecule has 1 aromatic carbocycles. The molecule has 0 aromatic heterocycles. The summed E-state index contributed by atoms with van der Waals surface area (Å²) in [5, 5.41) is 29.9. The fourth-order valence-corrected chi connectivity index (χ4v) is 4.20. The maximum Gasteiger partial charge on any atom is 0.309 e. The molecule has 29 heavy (non-hydrogen) atoms. The average molecular weight is 405 g/mol. The lowest BCUT2D eigenvalue weighted by molar-refractivity contribution is -0.143. The van der Waals surface area contributed by atoms with Gasteiger partial charge in [-0.2, -0.15) is 0 Å². The Labute approximate surface area is 176 Å². The van der Waals surface area contributed by atoms with Crippen LogP contribution in [0.15, 0.2) is 12.1 Å². The summed E-state index contributed by atoms with van der Waals surface area (Å²) >= 11 is 0. The van der Waals surface area contributed by atoms with Gasteiger partial charge in [0.25, 0.3) is 0 Å². The first-order valence-corrected chi connectivity index (χ1v) is 11.4. The van der Waals surface area contributed by atoms with Crippen molar-refractivity contribution in [2.45, 2.75) is 104 Å². The highest BCUT2D eigenvalue weighted by molar-refractivity contribution is 5.77. The number of unbranched alkanes of at least 4 members (excludes halogenated alkanes) is 5. The fourth-order valence-electron chi connectivity index (χ4n) is 4.20. The van der Waals surface area contributed by atoms with Crippen LogP contribution in [-0.4, -0.2) is 21.3 Å². The SMILES string of the molecule is CC(C)(C)CCCCCCc1c(O)ccc(O)c1CCCCCC1(C(=O)O)CC1. The first-order chi connectivity index (χ1) is 13.6. The van der Waals surface area contributed by atoms with E-state index in [1.54, 1.807) is 12.1 Å². The third-order valence-electron chi connectivity index (χ3n) is 6.37. The molecule has 0 heterocycles. The largest absolute Gasteiger partial charge is 0.508 e. The van der Waals surface area contributed by atoms with Crippen molar-refractivity contribution >= 4 is 5.97 Å². The second-order valence-electron chi connectivity index (χ2n) is 10.2. The summed E-state index contributed by atoms with van der Waals surface area (Å²) in [7, 11) is 0. The first kappa shape index (κ1) is 23.6. The number of aliphatic carboxylic acids is 1. The van der Waals surface area contributed by atoms with E-state index < -0.39 is 11.4 Å². The molecule has 0 saturated heterocycles. The molecule has 0 atom stereocenters. The Hall–Kier alpha value is -1.71. The van der Waals surface area contributed by atoms with E-state index in [0.717, 1.165) is 75.3 Å². The van der Waals surface area contributed by atoms with Gasteiger partial charge in [-0.05, 0) is 68.9 Å². The van der Waals surface area contributed by atoms with Crippen LogP contribution in [0.2, 0.25) is 0 Å². The predicted molar refractivity (Wildman–Crippen MR) is 117 cm³/mol. The Morgan fingerprint density at radius 2 is 1.34 bits per heavy atom. The highest BCUT2D eigenvalue weighted by atomic mass is 16.4. The maximum absolute atomic E-state index is 11.2. The molecule has 3 N–H and O–H groups in total. The molecule has 1 fully saturated rings. The van der Waals surface area contributed by atoms with Gasteiger partial charge in [-0.3, -0.25) is 4.79 Å². The molecular weight excluding hydrogens is 364 g/mol. The van der Waals surface area contributed by atoms with E-state index in [9.17, 15) is 20.1 Å². The van der Waals surface area contributed by atoms with Crippen LogP contribution in [0.25, 0.3) is 0 Å². The molecule has 164 valence electrons. The van der Waals surface area contributed by atoms with Crippen LogP contribution in [0.4, 0.5) is 0 Å². The standard InChI is InChI=1S/C25H40O4/c1-24(2,3)15-9-5-4-7-11-19-20(22(27)14-13-21(19)26)12-8-6-10-16-25(17-18-25)23(28)29/h13-14,26-27H,4-12,15-18H2,1-3H3,(H,28,29). The molecule has 1 saturated carbocycles. The number of phenolic OH excluding ortho intramolecular Hbond substituents is 2. The van der Waals surface area contributed by atoms with Crippen molar-refractivity contribution in [3.63, 3.8) is 0 Å². The molecule has 1 aliphatic rings. The molecular formula is C25H40O4. The number of carbonyl (C=O) groups is 1. The van der Waals surface area contributed by atoms with Crippen LogP contribution in [0.1, 0.15) is 103 Å². The summed E-state index contributed by atoms with van der Waals surface area (Å²) in [5.41, 5.74) is 1.72. The van der Waals surface area contributed by atoms with Gasteiger partial charge < -0.3 is 15.3 Å². The molecule has 1 aliphatic carbocycles. The van der Waals surface area contributed by atoms with Crippen LogP contribution < -0.4 is 0 Å². The Balaban J connectivity index is 1.77. The third-order valence-corrected chi connectivity index (χ3v) is 6.37. The van der Waals surface area contributed by atoms with Gasteiger partial charge >= 0.3 is 5.97 Å². The minimum absolute atomic E-state index is 0.273. The van der Waals surface area contributed by atoms with Gasteiger partial charge in [0.15, 0.2) is 0 Å². The topological polar surface area (TPSA) is 77.8 Å². The van der Waals surface area contributed by atoms with Crippen LogP contribution in [0.3, 0.4) is 0 Å². The summed E-state index contributed by atoms with van der Waals surface area (Å²) in [5.74, 6) is -0.0852. The zero-order valence-corrected chi connectivity index (χ0v) is 18.6. The molecule has 2 rings (SSSR count). The molecule has 0 bridgehead atoms. The van der Waals surface area contributed by atoms with E-state index in [2.05, 4.69) is 20.8 Å². The summed E-state index contributed by atoms with van der Waals surface area (Å²) in [6, 6.07) is 3.18. The number of benzene rings is 1. The van der Waals surface area contributed by atoms with Crippen LogP contribution >= 0.6 is 0 Å². The number of rotatable bonds is 13. The number of hydrogen-bond donors (Lipinski definition) is 3. The van der Waals surface area contributed by atoms with Gasteiger partial charge in [-0.1, -0.05) is 52.9 Å². The maximum atomic E-state index is 11.2. The van der Waals surface area contributed by atoms with Crippen molar-refractivity contribution in [2.75, 3.05) is 0 Å². The number of phenols is 2. The van der Waals surface area contributed by atoms with E-state index in [4.69, 9.17) is 0 Å². The monoisotopic (exact) mass is 404 g/mol. The second-order valence-corrected chi connectivity index (χ2v) is 10.2.